The van der Waals surface area contributed by atoms with E-state index in [9.17, 15) is 9.18 Å². The normalized spacial score (nSPS) is 11.6. The van der Waals surface area contributed by atoms with E-state index in [2.05, 4.69) is 15.5 Å². The molecule has 0 aliphatic rings. The molecule has 0 bridgehead atoms. The fourth-order valence-electron chi connectivity index (χ4n) is 3.59. The molecule has 0 fully saturated rings. The van der Waals surface area contributed by atoms with Crippen molar-refractivity contribution in [1.29, 1.82) is 0 Å². The topological polar surface area (TPSA) is 86.5 Å². The largest absolute Gasteiger partial charge is 0.490 e. The van der Waals surface area contributed by atoms with Crippen LogP contribution in [0.3, 0.4) is 0 Å². The maximum absolute atomic E-state index is 13.6. The smallest absolute Gasteiger partial charge is 0.247 e. The minimum Gasteiger partial charge on any atom is -0.490 e. The number of aromatic nitrogens is 2. The van der Waals surface area contributed by atoms with Crippen LogP contribution < -0.4 is 14.8 Å². The Hall–Kier alpha value is -4.20. The van der Waals surface area contributed by atoms with Crippen LogP contribution in [0, 0.1) is 5.82 Å². The summed E-state index contributed by atoms with van der Waals surface area (Å²) in [4.78, 5) is 13.0. The Morgan fingerprint density at radius 1 is 0.943 bits per heavy atom. The molecule has 1 N–H and O–H groups in total. The lowest BCUT2D eigenvalue weighted by molar-refractivity contribution is -0.121. The highest BCUT2D eigenvalue weighted by atomic mass is 19.1. The first-order valence-corrected chi connectivity index (χ1v) is 11.4. The first kappa shape index (κ1) is 23.9. The van der Waals surface area contributed by atoms with Gasteiger partial charge in [-0.25, -0.2) is 4.39 Å². The van der Waals surface area contributed by atoms with Gasteiger partial charge in [0.1, 0.15) is 11.9 Å². The average Bonchev–Trinajstić information content (AvgIpc) is 3.36. The number of carbonyl (C=O) groups is 1. The minimum absolute atomic E-state index is 0.0872. The zero-order valence-electron chi connectivity index (χ0n) is 19.5. The number of nitrogens with one attached hydrogen (secondary N) is 1. The molecule has 180 valence electrons. The second-order valence-corrected chi connectivity index (χ2v) is 7.69. The standard InChI is InChI=1S/C27H26FN3O4/c1-3-33-22-15-10-18(16-23(22)34-4-2)17-24(32)29-25(19-11-13-21(28)14-12-19)27-31-30-26(35-27)20-8-6-5-7-9-20/h5-16,25H,3-4,17H2,1-2H3,(H,29,32)/t25-/m1/s1. The molecule has 8 heteroatoms. The zero-order chi connectivity index (χ0) is 24.6. The van der Waals surface area contributed by atoms with E-state index in [1.807, 2.05) is 50.2 Å². The average molecular weight is 476 g/mol. The Bertz CT molecular complexity index is 1260. The Labute approximate surface area is 202 Å². The molecule has 0 unspecified atom stereocenters. The number of nitrogens with zero attached hydrogens (tertiary/aromatic N) is 2. The lowest BCUT2D eigenvalue weighted by Gasteiger charge is -2.16. The van der Waals surface area contributed by atoms with Crippen LogP contribution in [0.2, 0.25) is 0 Å². The van der Waals surface area contributed by atoms with Crippen LogP contribution in [-0.2, 0) is 11.2 Å². The summed E-state index contributed by atoms with van der Waals surface area (Å²) in [6, 6.07) is 19.8. The Morgan fingerprint density at radius 2 is 1.66 bits per heavy atom. The van der Waals surface area contributed by atoms with Crippen LogP contribution in [0.5, 0.6) is 11.5 Å². The quantitative estimate of drug-likeness (QED) is 0.343. The summed E-state index contributed by atoms with van der Waals surface area (Å²) in [7, 11) is 0. The Kier molecular flexibility index (Phi) is 7.72. The number of rotatable bonds is 10. The molecule has 0 saturated carbocycles. The van der Waals surface area contributed by atoms with Crippen LogP contribution >= 0.6 is 0 Å². The third kappa shape index (κ3) is 6.03. The number of hydrogen-bond acceptors (Lipinski definition) is 6. The van der Waals surface area contributed by atoms with Crippen LogP contribution in [0.15, 0.2) is 77.2 Å². The second kappa shape index (κ2) is 11.3. The van der Waals surface area contributed by atoms with Gasteiger partial charge in [-0.05, 0) is 61.4 Å². The predicted octanol–water partition coefficient (Wildman–Crippen LogP) is 5.12. The highest BCUT2D eigenvalue weighted by Crippen LogP contribution is 2.29. The number of benzene rings is 3. The first-order chi connectivity index (χ1) is 17.1. The fraction of sp³-hybridized carbons (Fsp3) is 0.222. The van der Waals surface area contributed by atoms with Gasteiger partial charge in [-0.15, -0.1) is 10.2 Å². The molecule has 0 radical (unpaired) electrons. The van der Waals surface area contributed by atoms with Crippen molar-refractivity contribution in [2.75, 3.05) is 13.2 Å². The Morgan fingerprint density at radius 3 is 2.37 bits per heavy atom. The highest BCUT2D eigenvalue weighted by molar-refractivity contribution is 5.79. The summed E-state index contributed by atoms with van der Waals surface area (Å²) in [6.45, 7) is 4.77. The van der Waals surface area contributed by atoms with E-state index in [0.29, 0.717) is 36.2 Å². The molecule has 0 spiro atoms. The molecule has 7 nitrogen and oxygen atoms in total. The summed E-state index contributed by atoms with van der Waals surface area (Å²) >= 11 is 0. The molecule has 1 atom stereocenters. The van der Waals surface area contributed by atoms with Gasteiger partial charge in [-0.3, -0.25) is 4.79 Å². The van der Waals surface area contributed by atoms with Crippen LogP contribution in [0.4, 0.5) is 4.39 Å². The van der Waals surface area contributed by atoms with Crippen molar-refractivity contribution in [3.8, 4) is 23.0 Å². The van der Waals surface area contributed by atoms with Crippen molar-refractivity contribution in [1.82, 2.24) is 15.5 Å². The van der Waals surface area contributed by atoms with E-state index in [1.165, 1.54) is 12.1 Å². The van der Waals surface area contributed by atoms with Gasteiger partial charge in [0.05, 0.1) is 19.6 Å². The maximum atomic E-state index is 13.6. The SMILES string of the molecule is CCOc1ccc(CC(=O)N[C@H](c2ccc(F)cc2)c2nnc(-c3ccccc3)o2)cc1OCC. The summed E-state index contributed by atoms with van der Waals surface area (Å²) in [5, 5.41) is 11.2. The third-order valence-corrected chi connectivity index (χ3v) is 5.19. The molecule has 1 aromatic heterocycles. The summed E-state index contributed by atoms with van der Waals surface area (Å²) < 4.78 is 30.7. The van der Waals surface area contributed by atoms with Crippen molar-refractivity contribution < 1.29 is 23.1 Å². The van der Waals surface area contributed by atoms with Crippen molar-refractivity contribution in [2.45, 2.75) is 26.3 Å². The molecule has 1 amide bonds. The Balaban J connectivity index is 1.57. The third-order valence-electron chi connectivity index (χ3n) is 5.19. The van der Waals surface area contributed by atoms with Crippen molar-refractivity contribution in [3.63, 3.8) is 0 Å². The molecule has 4 rings (SSSR count). The number of hydrogen-bond donors (Lipinski definition) is 1. The van der Waals surface area contributed by atoms with Crippen LogP contribution in [0.1, 0.15) is 36.9 Å². The fourth-order valence-corrected chi connectivity index (χ4v) is 3.59. The number of carbonyl (C=O) groups excluding carboxylic acids is 1. The second-order valence-electron chi connectivity index (χ2n) is 7.69. The first-order valence-electron chi connectivity index (χ1n) is 11.4. The molecule has 35 heavy (non-hydrogen) atoms. The van der Waals surface area contributed by atoms with Crippen LogP contribution in [0.25, 0.3) is 11.5 Å². The molecule has 3 aromatic carbocycles. The van der Waals surface area contributed by atoms with Crippen molar-refractivity contribution >= 4 is 5.91 Å². The highest BCUT2D eigenvalue weighted by Gasteiger charge is 2.24. The minimum atomic E-state index is -0.748. The lowest BCUT2D eigenvalue weighted by atomic mass is 10.1. The van der Waals surface area contributed by atoms with Gasteiger partial charge in [-0.1, -0.05) is 36.4 Å². The summed E-state index contributed by atoms with van der Waals surface area (Å²) in [5.41, 5.74) is 2.13. The lowest BCUT2D eigenvalue weighted by Crippen LogP contribution is -2.31. The molecule has 4 aromatic rings. The van der Waals surface area contributed by atoms with E-state index in [0.717, 1.165) is 11.1 Å². The van der Waals surface area contributed by atoms with Crippen molar-refractivity contribution in [3.05, 3.63) is 95.6 Å². The van der Waals surface area contributed by atoms with E-state index >= 15 is 0 Å². The molecule has 1 heterocycles. The van der Waals surface area contributed by atoms with Gasteiger partial charge in [0.25, 0.3) is 0 Å². The number of amides is 1. The predicted molar refractivity (Wildman–Crippen MR) is 129 cm³/mol. The molecule has 0 aliphatic carbocycles. The van der Waals surface area contributed by atoms with Crippen LogP contribution in [-0.4, -0.2) is 29.3 Å². The number of halogens is 1. The molecular formula is C27H26FN3O4. The van der Waals surface area contributed by atoms with Crippen molar-refractivity contribution in [2.24, 2.45) is 0 Å². The molecular weight excluding hydrogens is 449 g/mol. The van der Waals surface area contributed by atoms with E-state index < -0.39 is 6.04 Å². The zero-order valence-corrected chi connectivity index (χ0v) is 19.5. The van der Waals surface area contributed by atoms with Gasteiger partial charge in [0.15, 0.2) is 11.5 Å². The summed E-state index contributed by atoms with van der Waals surface area (Å²) in [6.07, 6.45) is 0.0872. The van der Waals surface area contributed by atoms with Gasteiger partial charge in [0, 0.05) is 5.56 Å². The maximum Gasteiger partial charge on any atom is 0.247 e. The summed E-state index contributed by atoms with van der Waals surface area (Å²) in [5.74, 6) is 1.08. The van der Waals surface area contributed by atoms with E-state index in [1.54, 1.807) is 24.3 Å². The van der Waals surface area contributed by atoms with Gasteiger partial charge < -0.3 is 19.2 Å². The number of ether oxygens (including phenoxy) is 2. The monoisotopic (exact) mass is 475 g/mol. The van der Waals surface area contributed by atoms with Gasteiger partial charge in [0.2, 0.25) is 17.7 Å². The molecule has 0 saturated heterocycles. The van der Waals surface area contributed by atoms with E-state index in [-0.39, 0.29) is 24.0 Å². The van der Waals surface area contributed by atoms with Gasteiger partial charge >= 0.3 is 0 Å². The van der Waals surface area contributed by atoms with Gasteiger partial charge in [-0.2, -0.15) is 0 Å². The molecule has 0 aliphatic heterocycles. The van der Waals surface area contributed by atoms with E-state index in [4.69, 9.17) is 13.9 Å².